The number of esters is 1. The quantitative estimate of drug-likeness (QED) is 0.367. The number of halogens is 1. The molecule has 7 heteroatoms. The van der Waals surface area contributed by atoms with Crippen LogP contribution in [-0.4, -0.2) is 34.6 Å². The predicted molar refractivity (Wildman–Crippen MR) is 124 cm³/mol. The third kappa shape index (κ3) is 3.99. The van der Waals surface area contributed by atoms with Crippen molar-refractivity contribution >= 4 is 44.8 Å². The molecule has 1 aromatic heterocycles. The van der Waals surface area contributed by atoms with Crippen molar-refractivity contribution in [2.24, 2.45) is 11.8 Å². The fourth-order valence-corrected chi connectivity index (χ4v) is 4.56. The molecule has 0 saturated heterocycles. The average molecular weight is 484 g/mol. The number of carbonyl (C=O) groups excluding carboxylic acids is 2. The molecule has 2 unspecified atom stereocenters. The largest absolute Gasteiger partial charge is 0.465 e. The number of aromatic nitrogens is 2. The van der Waals surface area contributed by atoms with E-state index in [4.69, 9.17) is 9.72 Å². The first kappa shape index (κ1) is 21.6. The van der Waals surface area contributed by atoms with E-state index in [2.05, 4.69) is 29.8 Å². The van der Waals surface area contributed by atoms with E-state index in [1.54, 1.807) is 11.8 Å². The molecule has 0 spiro atoms. The lowest BCUT2D eigenvalue weighted by Gasteiger charge is -2.38. The van der Waals surface area contributed by atoms with Crippen LogP contribution in [0.5, 0.6) is 0 Å². The van der Waals surface area contributed by atoms with Crippen molar-refractivity contribution in [2.45, 2.75) is 33.2 Å². The molecule has 162 valence electrons. The molecule has 0 aliphatic carbocycles. The first-order valence-electron chi connectivity index (χ1n) is 10.6. The Balaban J connectivity index is 1.97. The van der Waals surface area contributed by atoms with Gasteiger partial charge in [0.1, 0.15) is 0 Å². The number of para-hydroxylation sites is 2. The monoisotopic (exact) mass is 483 g/mol. The lowest BCUT2D eigenvalue weighted by Crippen LogP contribution is -2.50. The lowest BCUT2D eigenvalue weighted by molar-refractivity contribution is -0.153. The topological polar surface area (TPSA) is 64.4 Å². The van der Waals surface area contributed by atoms with Crippen LogP contribution in [0.3, 0.4) is 0 Å². The Morgan fingerprint density at radius 3 is 2.68 bits per heavy atom. The fourth-order valence-electron chi connectivity index (χ4n) is 4.14. The third-order valence-corrected chi connectivity index (χ3v) is 6.10. The molecule has 1 amide bonds. The second-order valence-electron chi connectivity index (χ2n) is 8.17. The van der Waals surface area contributed by atoms with Crippen LogP contribution in [0.25, 0.3) is 11.0 Å². The summed E-state index contributed by atoms with van der Waals surface area (Å²) in [6, 6.07) is 15.0. The zero-order valence-corrected chi connectivity index (χ0v) is 19.5. The minimum Gasteiger partial charge on any atom is -0.465 e. The van der Waals surface area contributed by atoms with Gasteiger partial charge in [0.25, 0.3) is 0 Å². The smallest absolute Gasteiger partial charge is 0.321 e. The second-order valence-corrected chi connectivity index (χ2v) is 9.09. The molecule has 2 atom stereocenters. The van der Waals surface area contributed by atoms with Crippen LogP contribution in [0.4, 0.5) is 5.95 Å². The van der Waals surface area contributed by atoms with E-state index in [1.165, 1.54) is 0 Å². The number of amides is 1. The van der Waals surface area contributed by atoms with Crippen molar-refractivity contribution in [2.75, 3.05) is 18.1 Å². The van der Waals surface area contributed by atoms with Crippen molar-refractivity contribution in [3.63, 3.8) is 0 Å². The Bertz CT molecular complexity index is 1120. The van der Waals surface area contributed by atoms with Gasteiger partial charge in [0.05, 0.1) is 23.7 Å². The summed E-state index contributed by atoms with van der Waals surface area (Å²) in [6.45, 7) is 6.71. The Labute approximate surface area is 190 Å². The van der Waals surface area contributed by atoms with Crippen LogP contribution in [0.15, 0.2) is 53.0 Å². The Morgan fingerprint density at radius 2 is 1.97 bits per heavy atom. The fraction of sp³-hybridized carbons (Fsp3) is 0.375. The van der Waals surface area contributed by atoms with E-state index < -0.39 is 17.9 Å². The number of nitrogens with zero attached hydrogens (tertiary/aromatic N) is 3. The van der Waals surface area contributed by atoms with E-state index in [0.29, 0.717) is 18.4 Å². The molecule has 2 heterocycles. The van der Waals surface area contributed by atoms with Crippen LogP contribution < -0.4 is 4.90 Å². The molecule has 3 aromatic rings. The average Bonchev–Trinajstić information content (AvgIpc) is 3.11. The number of carbonyl (C=O) groups is 2. The van der Waals surface area contributed by atoms with E-state index in [0.717, 1.165) is 27.5 Å². The van der Waals surface area contributed by atoms with Crippen LogP contribution in [-0.2, 0) is 14.3 Å². The lowest BCUT2D eigenvalue weighted by atomic mass is 9.89. The molecule has 6 nitrogen and oxygen atoms in total. The predicted octanol–water partition coefficient (Wildman–Crippen LogP) is 4.96. The highest BCUT2D eigenvalue weighted by Crippen LogP contribution is 2.41. The van der Waals surface area contributed by atoms with E-state index in [9.17, 15) is 9.59 Å². The van der Waals surface area contributed by atoms with Gasteiger partial charge in [0.2, 0.25) is 11.9 Å². The van der Waals surface area contributed by atoms with Crippen LogP contribution in [0.2, 0.25) is 0 Å². The molecular formula is C24H26BrN3O3. The van der Waals surface area contributed by atoms with E-state index >= 15 is 0 Å². The Morgan fingerprint density at radius 1 is 1.19 bits per heavy atom. The highest BCUT2D eigenvalue weighted by Gasteiger charge is 2.47. The van der Waals surface area contributed by atoms with Gasteiger partial charge in [-0.2, -0.15) is 0 Å². The van der Waals surface area contributed by atoms with Gasteiger partial charge in [-0.3, -0.25) is 14.5 Å². The highest BCUT2D eigenvalue weighted by atomic mass is 79.9. The summed E-state index contributed by atoms with van der Waals surface area (Å²) in [4.78, 5) is 33.3. The number of anilines is 1. The molecule has 0 N–H and O–H groups in total. The number of benzene rings is 2. The number of hydrogen-bond donors (Lipinski definition) is 0. The zero-order valence-electron chi connectivity index (χ0n) is 17.9. The summed E-state index contributed by atoms with van der Waals surface area (Å²) >= 11 is 3.53. The summed E-state index contributed by atoms with van der Waals surface area (Å²) in [6.07, 6.45) is 0.812. The molecule has 31 heavy (non-hydrogen) atoms. The SMILES string of the molecule is CCOC(=O)C1C(=O)N(CCC(C)C)c2nc3ccccc3n2C1c1cccc(Br)c1. The Hall–Kier alpha value is -2.67. The van der Waals surface area contributed by atoms with Gasteiger partial charge in [-0.1, -0.05) is 54.0 Å². The van der Waals surface area contributed by atoms with Crippen LogP contribution in [0, 0.1) is 11.8 Å². The molecule has 0 fully saturated rings. The first-order chi connectivity index (χ1) is 14.9. The highest BCUT2D eigenvalue weighted by molar-refractivity contribution is 9.10. The van der Waals surface area contributed by atoms with Crippen molar-refractivity contribution in [1.82, 2.24) is 9.55 Å². The minimum absolute atomic E-state index is 0.220. The maximum Gasteiger partial charge on any atom is 0.321 e. The Kier molecular flexibility index (Phi) is 6.14. The number of fused-ring (bicyclic) bond motifs is 3. The number of ether oxygens (including phenoxy) is 1. The van der Waals surface area contributed by atoms with Gasteiger partial charge in [0, 0.05) is 11.0 Å². The first-order valence-corrected chi connectivity index (χ1v) is 11.4. The molecule has 0 bridgehead atoms. The van der Waals surface area contributed by atoms with E-state index in [-0.39, 0.29) is 12.5 Å². The third-order valence-electron chi connectivity index (χ3n) is 5.61. The zero-order chi connectivity index (χ0) is 22.1. The van der Waals surface area contributed by atoms with Crippen molar-refractivity contribution < 1.29 is 14.3 Å². The molecule has 0 saturated carbocycles. The molecule has 1 aliphatic rings. The van der Waals surface area contributed by atoms with E-state index in [1.807, 2.05) is 53.1 Å². The number of rotatable bonds is 6. The maximum atomic E-state index is 13.7. The molecule has 2 aromatic carbocycles. The number of hydrogen-bond acceptors (Lipinski definition) is 4. The molecule has 1 aliphatic heterocycles. The van der Waals surface area contributed by atoms with Gasteiger partial charge >= 0.3 is 5.97 Å². The van der Waals surface area contributed by atoms with Gasteiger partial charge in [-0.15, -0.1) is 0 Å². The van der Waals surface area contributed by atoms with Gasteiger partial charge in [0.15, 0.2) is 5.92 Å². The standard InChI is InChI=1S/C24H26BrN3O3/c1-4-31-23(30)20-21(16-8-7-9-17(25)14-16)28-19-11-6-5-10-18(19)26-24(28)27(22(20)29)13-12-15(2)3/h5-11,14-15,20-21H,4,12-13H2,1-3H3. The molecule has 0 radical (unpaired) electrons. The maximum absolute atomic E-state index is 13.7. The molecular weight excluding hydrogens is 458 g/mol. The summed E-state index contributed by atoms with van der Waals surface area (Å²) in [5, 5.41) is 0. The summed E-state index contributed by atoms with van der Waals surface area (Å²) in [7, 11) is 0. The normalized spacial score (nSPS) is 18.5. The van der Waals surface area contributed by atoms with Gasteiger partial charge in [-0.05, 0) is 49.1 Å². The summed E-state index contributed by atoms with van der Waals surface area (Å²) < 4.78 is 8.29. The van der Waals surface area contributed by atoms with Crippen molar-refractivity contribution in [3.05, 3.63) is 58.6 Å². The second kappa shape index (κ2) is 8.83. The number of imidazole rings is 1. The molecule has 4 rings (SSSR count). The van der Waals surface area contributed by atoms with Crippen LogP contribution in [0.1, 0.15) is 38.8 Å². The summed E-state index contributed by atoms with van der Waals surface area (Å²) in [5.74, 6) is -0.749. The van der Waals surface area contributed by atoms with Gasteiger partial charge < -0.3 is 9.30 Å². The summed E-state index contributed by atoms with van der Waals surface area (Å²) in [5.41, 5.74) is 2.54. The van der Waals surface area contributed by atoms with Crippen molar-refractivity contribution in [3.8, 4) is 0 Å². The van der Waals surface area contributed by atoms with Gasteiger partial charge in [-0.25, -0.2) is 4.98 Å². The van der Waals surface area contributed by atoms with Crippen molar-refractivity contribution in [1.29, 1.82) is 0 Å². The minimum atomic E-state index is -0.980. The van der Waals surface area contributed by atoms with Crippen LogP contribution >= 0.6 is 15.9 Å².